The Morgan fingerprint density at radius 3 is 1.88 bits per heavy atom. The standard InChI is InChI=1S/C17H11F11N2OS/c1-6-2-3-7-8(5-29)10(32-9(7)4-6)30-11(31)12(18)13(19,20)15(23,24)17(27,28)16(25,26)14(12,21)22/h6H,2-4H2,1H3,(H,30,31). The fourth-order valence-corrected chi connectivity index (χ4v) is 5.01. The third-order valence-corrected chi connectivity index (χ3v) is 6.78. The van der Waals surface area contributed by atoms with Gasteiger partial charge in [-0.05, 0) is 30.7 Å². The van der Waals surface area contributed by atoms with E-state index in [1.54, 1.807) is 6.92 Å². The number of alkyl halides is 11. The summed E-state index contributed by atoms with van der Waals surface area (Å²) in [5, 5.41) is 9.47. The maximum atomic E-state index is 14.8. The number of halogens is 11. The number of nitrogens with zero attached hydrogens (tertiary/aromatic N) is 1. The highest BCUT2D eigenvalue weighted by atomic mass is 32.1. The third kappa shape index (κ3) is 2.55. The normalized spacial score (nSPS) is 28.3. The molecule has 32 heavy (non-hydrogen) atoms. The van der Waals surface area contributed by atoms with Crippen LogP contribution in [0.2, 0.25) is 0 Å². The summed E-state index contributed by atoms with van der Waals surface area (Å²) in [6.45, 7) is 1.77. The minimum Gasteiger partial charge on any atom is -0.313 e. The molecule has 0 radical (unpaired) electrons. The lowest BCUT2D eigenvalue weighted by Gasteiger charge is -2.51. The van der Waals surface area contributed by atoms with Crippen LogP contribution in [0.1, 0.15) is 29.3 Å². The van der Waals surface area contributed by atoms with Gasteiger partial charge in [0.25, 0.3) is 5.91 Å². The van der Waals surface area contributed by atoms with Gasteiger partial charge in [0.1, 0.15) is 11.1 Å². The number of thiophene rings is 1. The molecule has 0 spiro atoms. The van der Waals surface area contributed by atoms with Crippen LogP contribution in [0.25, 0.3) is 0 Å². The number of anilines is 1. The minimum atomic E-state index is -7.40. The summed E-state index contributed by atoms with van der Waals surface area (Å²) in [4.78, 5) is 12.5. The highest BCUT2D eigenvalue weighted by Gasteiger charge is 3.02. The largest absolute Gasteiger partial charge is 0.384 e. The molecule has 1 N–H and O–H groups in total. The van der Waals surface area contributed by atoms with E-state index in [9.17, 15) is 58.4 Å². The summed E-state index contributed by atoms with van der Waals surface area (Å²) in [5.74, 6) is -40.1. The second-order valence-electron chi connectivity index (χ2n) is 7.65. The Morgan fingerprint density at radius 2 is 1.41 bits per heavy atom. The number of nitrogens with one attached hydrogen (secondary N) is 1. The van der Waals surface area contributed by atoms with Gasteiger partial charge in [0.15, 0.2) is 0 Å². The number of nitriles is 1. The molecule has 0 aromatic carbocycles. The Hall–Kier alpha value is -2.11. The highest BCUT2D eigenvalue weighted by Crippen LogP contribution is 2.69. The summed E-state index contributed by atoms with van der Waals surface area (Å²) in [7, 11) is 0. The smallest absolute Gasteiger partial charge is 0.313 e. The first-order valence-electron chi connectivity index (χ1n) is 8.77. The van der Waals surface area contributed by atoms with Crippen LogP contribution in [-0.2, 0) is 17.6 Å². The van der Waals surface area contributed by atoms with E-state index < -0.39 is 51.8 Å². The van der Waals surface area contributed by atoms with Crippen LogP contribution in [0.4, 0.5) is 53.3 Å². The topological polar surface area (TPSA) is 52.9 Å². The zero-order chi connectivity index (χ0) is 24.7. The maximum absolute atomic E-state index is 14.8. The molecule has 1 unspecified atom stereocenters. The summed E-state index contributed by atoms with van der Waals surface area (Å²) in [6.07, 6.45) is 1.00. The molecule has 1 amide bonds. The van der Waals surface area contributed by atoms with E-state index in [1.165, 1.54) is 6.07 Å². The predicted octanol–water partition coefficient (Wildman–Crippen LogP) is 5.58. The molecule has 3 rings (SSSR count). The lowest BCUT2D eigenvalue weighted by atomic mass is 9.71. The molecule has 0 saturated heterocycles. The summed E-state index contributed by atoms with van der Waals surface area (Å²) >= 11 is 0.447. The Balaban J connectivity index is 2.14. The number of rotatable bonds is 2. The van der Waals surface area contributed by atoms with Crippen molar-refractivity contribution in [1.29, 1.82) is 5.26 Å². The van der Waals surface area contributed by atoms with Crippen LogP contribution in [-0.4, -0.2) is 41.2 Å². The van der Waals surface area contributed by atoms with E-state index in [1.807, 2.05) is 0 Å². The van der Waals surface area contributed by atoms with Crippen LogP contribution >= 0.6 is 11.3 Å². The van der Waals surface area contributed by atoms with Crippen molar-refractivity contribution in [3.63, 3.8) is 0 Å². The monoisotopic (exact) mass is 500 g/mol. The second-order valence-corrected chi connectivity index (χ2v) is 8.76. The number of carbonyl (C=O) groups excluding carboxylic acids is 1. The van der Waals surface area contributed by atoms with Crippen LogP contribution in [0, 0.1) is 17.2 Å². The Morgan fingerprint density at radius 1 is 0.938 bits per heavy atom. The average molecular weight is 500 g/mol. The first kappa shape index (κ1) is 24.5. The van der Waals surface area contributed by atoms with Crippen LogP contribution in [0.3, 0.4) is 0 Å². The van der Waals surface area contributed by atoms with E-state index in [4.69, 9.17) is 0 Å². The molecule has 1 saturated carbocycles. The summed E-state index contributed by atoms with van der Waals surface area (Å²) in [5.41, 5.74) is -7.03. The Bertz CT molecular complexity index is 981. The SMILES string of the molecule is CC1CCc2c(sc(NC(=O)C3(F)C(F)(F)C(F)(F)C(F)(F)C(F)(F)C3(F)F)c2C#N)C1. The van der Waals surface area contributed by atoms with Crippen molar-refractivity contribution in [2.75, 3.05) is 5.32 Å². The summed E-state index contributed by atoms with van der Waals surface area (Å²) < 4.78 is 152. The molecule has 0 bridgehead atoms. The number of carbonyl (C=O) groups is 1. The molecule has 3 nitrogen and oxygen atoms in total. The third-order valence-electron chi connectivity index (χ3n) is 5.61. The van der Waals surface area contributed by atoms with E-state index in [0.717, 1.165) is 5.32 Å². The lowest BCUT2D eigenvalue weighted by molar-refractivity contribution is -0.475. The molecule has 1 heterocycles. The molecule has 0 aliphatic heterocycles. The number of hydrogen-bond donors (Lipinski definition) is 1. The van der Waals surface area contributed by atoms with Crippen molar-refractivity contribution < 1.29 is 53.1 Å². The van der Waals surface area contributed by atoms with Crippen LogP contribution in [0.5, 0.6) is 0 Å². The zero-order valence-corrected chi connectivity index (χ0v) is 16.4. The second kappa shape index (κ2) is 6.71. The molecule has 2 aliphatic rings. The van der Waals surface area contributed by atoms with Gasteiger partial charge in [-0.25, -0.2) is 4.39 Å². The molecule has 1 fully saturated rings. The highest BCUT2D eigenvalue weighted by molar-refractivity contribution is 7.16. The van der Waals surface area contributed by atoms with Gasteiger partial charge in [0.2, 0.25) is 0 Å². The van der Waals surface area contributed by atoms with Gasteiger partial charge >= 0.3 is 35.3 Å². The van der Waals surface area contributed by atoms with Gasteiger partial charge < -0.3 is 5.32 Å². The van der Waals surface area contributed by atoms with E-state index in [0.29, 0.717) is 22.6 Å². The molecule has 1 aromatic rings. The molecular weight excluding hydrogens is 489 g/mol. The first-order chi connectivity index (χ1) is 14.3. The van der Waals surface area contributed by atoms with Crippen molar-refractivity contribution in [3.05, 3.63) is 16.0 Å². The number of fused-ring (bicyclic) bond motifs is 1. The Kier molecular flexibility index (Phi) is 5.14. The van der Waals surface area contributed by atoms with E-state index in [-0.39, 0.29) is 24.3 Å². The van der Waals surface area contributed by atoms with Gasteiger partial charge in [-0.1, -0.05) is 6.92 Å². The van der Waals surface area contributed by atoms with Gasteiger partial charge in [-0.3, -0.25) is 4.79 Å². The average Bonchev–Trinajstić information content (AvgIpc) is 3.01. The van der Waals surface area contributed by atoms with Crippen molar-refractivity contribution in [1.82, 2.24) is 0 Å². The van der Waals surface area contributed by atoms with Crippen molar-refractivity contribution in [2.45, 2.75) is 61.5 Å². The van der Waals surface area contributed by atoms with Gasteiger partial charge in [0, 0.05) is 4.88 Å². The molecular formula is C17H11F11N2OS. The van der Waals surface area contributed by atoms with Crippen LogP contribution in [0.15, 0.2) is 0 Å². The number of hydrogen-bond acceptors (Lipinski definition) is 3. The molecule has 178 valence electrons. The quantitative estimate of drug-likeness (QED) is 0.539. The van der Waals surface area contributed by atoms with Gasteiger partial charge in [-0.2, -0.15) is 49.2 Å². The van der Waals surface area contributed by atoms with E-state index >= 15 is 0 Å². The molecule has 2 aliphatic carbocycles. The van der Waals surface area contributed by atoms with Crippen molar-refractivity contribution in [3.8, 4) is 6.07 Å². The molecule has 1 atom stereocenters. The molecule has 1 aromatic heterocycles. The predicted molar refractivity (Wildman–Crippen MR) is 87.4 cm³/mol. The first-order valence-corrected chi connectivity index (χ1v) is 9.58. The zero-order valence-electron chi connectivity index (χ0n) is 15.6. The van der Waals surface area contributed by atoms with E-state index in [2.05, 4.69) is 0 Å². The van der Waals surface area contributed by atoms with Crippen molar-refractivity contribution in [2.24, 2.45) is 5.92 Å². The maximum Gasteiger partial charge on any atom is 0.384 e. The van der Waals surface area contributed by atoms with Crippen LogP contribution < -0.4 is 5.32 Å². The van der Waals surface area contributed by atoms with Gasteiger partial charge in [0.05, 0.1) is 5.56 Å². The number of amides is 1. The fourth-order valence-electron chi connectivity index (χ4n) is 3.65. The summed E-state index contributed by atoms with van der Waals surface area (Å²) in [6, 6.07) is 1.51. The lowest BCUT2D eigenvalue weighted by Crippen LogP contribution is -2.86. The Labute approximate surface area is 176 Å². The molecule has 15 heteroatoms. The fraction of sp³-hybridized carbons (Fsp3) is 0.647. The van der Waals surface area contributed by atoms with Gasteiger partial charge in [-0.15, -0.1) is 11.3 Å². The minimum absolute atomic E-state index is 0.0374. The van der Waals surface area contributed by atoms with Crippen molar-refractivity contribution >= 4 is 22.2 Å².